The van der Waals surface area contributed by atoms with Gasteiger partial charge in [0.25, 0.3) is 0 Å². The summed E-state index contributed by atoms with van der Waals surface area (Å²) in [7, 11) is 0. The molecule has 9 rings (SSSR count). The van der Waals surface area contributed by atoms with E-state index in [1.54, 1.807) is 0 Å². The van der Waals surface area contributed by atoms with Gasteiger partial charge >= 0.3 is 0 Å². The lowest BCUT2D eigenvalue weighted by atomic mass is 9.41. The highest BCUT2D eigenvalue weighted by Gasteiger charge is 2.88. The van der Waals surface area contributed by atoms with Crippen molar-refractivity contribution < 1.29 is 9.90 Å². The van der Waals surface area contributed by atoms with E-state index in [-0.39, 0.29) is 11.5 Å². The fraction of sp³-hybridized carbons (Fsp3) is 0.947. The number of aliphatic hydroxyl groups is 1. The van der Waals surface area contributed by atoms with Gasteiger partial charge in [-0.3, -0.25) is 9.69 Å². The smallest absolute Gasteiger partial charge is 0.136 e. The van der Waals surface area contributed by atoms with E-state index >= 15 is 0 Å². The fourth-order valence-electron chi connectivity index (χ4n) is 10.1. The zero-order valence-electron chi connectivity index (χ0n) is 13.3. The molecule has 0 aromatic carbocycles. The van der Waals surface area contributed by atoms with Gasteiger partial charge in [-0.05, 0) is 60.7 Å². The molecule has 3 saturated heterocycles. The normalized spacial score (nSPS) is 75.1. The molecule has 0 amide bonds. The van der Waals surface area contributed by atoms with Crippen LogP contribution < -0.4 is 0 Å². The predicted molar refractivity (Wildman–Crippen MR) is 79.9 cm³/mol. The van der Waals surface area contributed by atoms with E-state index < -0.39 is 0 Å². The van der Waals surface area contributed by atoms with Crippen LogP contribution in [-0.2, 0) is 4.79 Å². The summed E-state index contributed by atoms with van der Waals surface area (Å²) in [5, 5.41) is 11.3. The van der Waals surface area contributed by atoms with Crippen molar-refractivity contribution in [2.24, 2.45) is 39.9 Å². The van der Waals surface area contributed by atoms with Crippen LogP contribution >= 0.6 is 0 Å². The van der Waals surface area contributed by atoms with Gasteiger partial charge in [-0.2, -0.15) is 0 Å². The molecular formula is C19H25NO2. The molecule has 3 nitrogen and oxygen atoms in total. The fourth-order valence-corrected chi connectivity index (χ4v) is 10.1. The summed E-state index contributed by atoms with van der Waals surface area (Å²) in [4.78, 5) is 15.4. The molecule has 9 fully saturated rings. The minimum absolute atomic E-state index is 0.0926. The molecule has 118 valence electrons. The summed E-state index contributed by atoms with van der Waals surface area (Å²) in [5.74, 6) is 3.03. The molecular weight excluding hydrogens is 274 g/mol. The van der Waals surface area contributed by atoms with Gasteiger partial charge in [0.1, 0.15) is 5.78 Å². The summed E-state index contributed by atoms with van der Waals surface area (Å²) in [5.41, 5.74) is 0.925. The molecule has 6 aliphatic carbocycles. The number of carbonyl (C=O) groups is 1. The Morgan fingerprint density at radius 2 is 2.18 bits per heavy atom. The molecule has 22 heavy (non-hydrogen) atoms. The number of rotatable bonds is 0. The highest BCUT2D eigenvalue weighted by atomic mass is 16.3. The molecule has 1 N–H and O–H groups in total. The van der Waals surface area contributed by atoms with E-state index in [1.165, 1.54) is 19.4 Å². The number of hydrogen-bond donors (Lipinski definition) is 1. The lowest BCUT2D eigenvalue weighted by molar-refractivity contribution is -0.181. The van der Waals surface area contributed by atoms with Crippen molar-refractivity contribution in [3.63, 3.8) is 0 Å². The number of fused-ring (bicyclic) bond motifs is 1. The van der Waals surface area contributed by atoms with Gasteiger partial charge < -0.3 is 5.11 Å². The van der Waals surface area contributed by atoms with Gasteiger partial charge in [-0.1, -0.05) is 6.92 Å². The number of hydrogen-bond acceptors (Lipinski definition) is 3. The number of nitrogens with zero attached hydrogens (tertiary/aromatic N) is 1. The highest BCUT2D eigenvalue weighted by Crippen LogP contribution is 2.86. The monoisotopic (exact) mass is 299 g/mol. The largest absolute Gasteiger partial charge is 0.392 e. The minimum atomic E-state index is -0.0926. The first-order valence-electron chi connectivity index (χ1n) is 9.49. The molecule has 3 heterocycles. The average molecular weight is 299 g/mol. The Bertz CT molecular complexity index is 647. The van der Waals surface area contributed by atoms with E-state index in [1.807, 2.05) is 0 Å². The van der Waals surface area contributed by atoms with Gasteiger partial charge in [-0.15, -0.1) is 0 Å². The summed E-state index contributed by atoms with van der Waals surface area (Å²) in [6.07, 6.45) is 6.56. The third-order valence-corrected chi connectivity index (χ3v) is 10.1. The second kappa shape index (κ2) is 2.97. The number of piperidine rings is 2. The van der Waals surface area contributed by atoms with Crippen molar-refractivity contribution in [3.05, 3.63) is 0 Å². The molecule has 3 aliphatic heterocycles. The minimum Gasteiger partial charge on any atom is -0.392 e. The molecule has 0 radical (unpaired) electrons. The Labute approximate surface area is 131 Å². The van der Waals surface area contributed by atoms with Crippen LogP contribution in [-0.4, -0.2) is 40.5 Å². The van der Waals surface area contributed by atoms with Crippen LogP contribution in [0.5, 0.6) is 0 Å². The Kier molecular flexibility index (Phi) is 1.62. The topological polar surface area (TPSA) is 40.5 Å². The Morgan fingerprint density at radius 3 is 3.05 bits per heavy atom. The van der Waals surface area contributed by atoms with Gasteiger partial charge in [0.2, 0.25) is 0 Å². The number of aliphatic hydroxyl groups excluding tert-OH is 1. The van der Waals surface area contributed by atoms with Crippen LogP contribution in [0.2, 0.25) is 0 Å². The highest BCUT2D eigenvalue weighted by molar-refractivity contribution is 5.84. The maximum atomic E-state index is 12.5. The molecule has 11 atom stereocenters. The van der Waals surface area contributed by atoms with Crippen LogP contribution in [0.1, 0.15) is 45.4 Å². The van der Waals surface area contributed by atoms with E-state index in [2.05, 4.69) is 11.8 Å². The quantitative estimate of drug-likeness (QED) is 0.742. The van der Waals surface area contributed by atoms with Crippen molar-refractivity contribution in [2.45, 2.75) is 63.6 Å². The zero-order chi connectivity index (χ0) is 14.6. The standard InChI is InChI=1S/C19H25NO2/c1-17-3-2-14(22)19-13-5-9-4-10-16(19)20(8-17)11(15(17)19)6-18(10,13)7-12(9)21/h9-11,13-16,22H,2-8H2,1H3/t9-,10+,11+,13+,14?,15+,16+,17?,18+,19?/m0/s1. The van der Waals surface area contributed by atoms with E-state index in [9.17, 15) is 9.90 Å². The van der Waals surface area contributed by atoms with Crippen molar-refractivity contribution in [1.82, 2.24) is 4.90 Å². The third kappa shape index (κ3) is 0.825. The maximum absolute atomic E-state index is 12.5. The zero-order valence-corrected chi connectivity index (χ0v) is 13.3. The predicted octanol–water partition coefficient (Wildman–Crippen LogP) is 1.84. The van der Waals surface area contributed by atoms with Gasteiger partial charge in [-0.25, -0.2) is 0 Å². The van der Waals surface area contributed by atoms with Crippen LogP contribution in [0, 0.1) is 39.9 Å². The van der Waals surface area contributed by atoms with Crippen LogP contribution in [0.3, 0.4) is 0 Å². The van der Waals surface area contributed by atoms with Crippen LogP contribution in [0.25, 0.3) is 0 Å². The number of carbonyl (C=O) groups excluding carboxylic acids is 1. The third-order valence-electron chi connectivity index (χ3n) is 10.1. The van der Waals surface area contributed by atoms with E-state index in [0.717, 1.165) is 37.5 Å². The molecule has 9 bridgehead atoms. The second-order valence-electron chi connectivity index (χ2n) is 10.3. The van der Waals surface area contributed by atoms with Crippen molar-refractivity contribution in [2.75, 3.05) is 6.54 Å². The summed E-state index contributed by atoms with van der Waals surface area (Å²) < 4.78 is 0. The molecule has 2 spiro atoms. The number of ketones is 1. The Morgan fingerprint density at radius 1 is 1.32 bits per heavy atom. The lowest BCUT2D eigenvalue weighted by Gasteiger charge is -2.63. The van der Waals surface area contributed by atoms with Crippen LogP contribution in [0.4, 0.5) is 0 Å². The van der Waals surface area contributed by atoms with Crippen molar-refractivity contribution >= 4 is 5.78 Å². The first-order chi connectivity index (χ1) is 10.5. The average Bonchev–Trinajstić information content (AvgIpc) is 2.89. The van der Waals surface area contributed by atoms with Gasteiger partial charge in [0, 0.05) is 36.4 Å². The summed E-state index contributed by atoms with van der Waals surface area (Å²) in [6, 6.07) is 1.32. The first-order valence-corrected chi connectivity index (χ1v) is 9.49. The van der Waals surface area contributed by atoms with Crippen LogP contribution in [0.15, 0.2) is 0 Å². The Balaban J connectivity index is 1.54. The summed E-state index contributed by atoms with van der Waals surface area (Å²) >= 11 is 0. The second-order valence-corrected chi connectivity index (χ2v) is 10.3. The summed E-state index contributed by atoms with van der Waals surface area (Å²) in [6.45, 7) is 3.79. The first kappa shape index (κ1) is 12.0. The van der Waals surface area contributed by atoms with E-state index in [4.69, 9.17) is 0 Å². The Hall–Kier alpha value is -0.410. The maximum Gasteiger partial charge on any atom is 0.136 e. The molecule has 3 heteroatoms. The van der Waals surface area contributed by atoms with E-state index in [0.29, 0.717) is 40.5 Å². The number of Topliss-reactive ketones (excluding diaryl/α,β-unsaturated/α-hetero) is 1. The molecule has 9 aliphatic rings. The van der Waals surface area contributed by atoms with Crippen molar-refractivity contribution in [1.29, 1.82) is 0 Å². The molecule has 6 saturated carbocycles. The SMILES string of the molecule is CC12CCC(O)C34[C@@H]1[C@H]1C[C@@]56CC(=O)[C@@H](C[C@@H]5[C@H]3N1C2)C[C@@H]46. The van der Waals surface area contributed by atoms with Crippen molar-refractivity contribution in [3.8, 4) is 0 Å². The van der Waals surface area contributed by atoms with Gasteiger partial charge in [0.05, 0.1) is 6.10 Å². The molecule has 0 aromatic rings. The molecule has 0 aromatic heterocycles. The molecule has 4 unspecified atom stereocenters. The van der Waals surface area contributed by atoms with Gasteiger partial charge in [0.15, 0.2) is 0 Å². The lowest BCUT2D eigenvalue weighted by Crippen LogP contribution is -2.63.